The van der Waals surface area contributed by atoms with Gasteiger partial charge in [-0.2, -0.15) is 0 Å². The number of nitrogens with one attached hydrogen (secondary N) is 2. The van der Waals surface area contributed by atoms with E-state index in [2.05, 4.69) is 17.6 Å². The molecule has 1 amide bonds. The Kier molecular flexibility index (Phi) is 4.30. The Labute approximate surface area is 113 Å². The highest BCUT2D eigenvalue weighted by molar-refractivity contribution is 7.98. The molecule has 4 heteroatoms. The first-order chi connectivity index (χ1) is 8.63. The van der Waals surface area contributed by atoms with Crippen LogP contribution in [0.2, 0.25) is 0 Å². The number of carbonyl (C=O) groups is 1. The average Bonchev–Trinajstić information content (AvgIpc) is 2.39. The second-order valence-corrected chi connectivity index (χ2v) is 5.87. The fourth-order valence-corrected chi connectivity index (χ4v) is 2.60. The number of thioether (sulfide) groups is 1. The van der Waals surface area contributed by atoms with Gasteiger partial charge in [0.2, 0.25) is 0 Å². The van der Waals surface area contributed by atoms with E-state index in [4.69, 9.17) is 0 Å². The van der Waals surface area contributed by atoms with Gasteiger partial charge in [0.05, 0.1) is 0 Å². The van der Waals surface area contributed by atoms with Crippen molar-refractivity contribution in [1.29, 1.82) is 0 Å². The molecule has 1 fully saturated rings. The molecule has 2 rings (SSSR count). The van der Waals surface area contributed by atoms with Gasteiger partial charge in [0, 0.05) is 16.0 Å². The molecule has 0 radical (unpaired) electrons. The van der Waals surface area contributed by atoms with E-state index < -0.39 is 0 Å². The van der Waals surface area contributed by atoms with E-state index in [1.165, 1.54) is 4.90 Å². The largest absolute Gasteiger partial charge is 0.347 e. The molecular formula is C14H20N2OS. The van der Waals surface area contributed by atoms with Crippen LogP contribution in [0.4, 0.5) is 0 Å². The third-order valence-corrected chi connectivity index (χ3v) is 4.22. The van der Waals surface area contributed by atoms with Crippen LogP contribution < -0.4 is 10.6 Å². The predicted molar refractivity (Wildman–Crippen MR) is 76.2 cm³/mol. The standard InChI is InChI=1S/C14H20N2OS/c1-14(7-9-15-10-8-14)16-13(17)11-3-5-12(18-2)6-4-11/h3-6,15H,7-10H2,1-2H3,(H,16,17). The maximum absolute atomic E-state index is 12.2. The minimum absolute atomic E-state index is 0.0343. The van der Waals surface area contributed by atoms with Gasteiger partial charge in [-0.05, 0) is 63.4 Å². The van der Waals surface area contributed by atoms with E-state index in [-0.39, 0.29) is 11.4 Å². The minimum Gasteiger partial charge on any atom is -0.347 e. The number of amides is 1. The van der Waals surface area contributed by atoms with Crippen molar-refractivity contribution in [2.24, 2.45) is 0 Å². The summed E-state index contributed by atoms with van der Waals surface area (Å²) in [6, 6.07) is 7.77. The summed E-state index contributed by atoms with van der Waals surface area (Å²) in [4.78, 5) is 13.4. The number of piperidine rings is 1. The number of carbonyl (C=O) groups excluding carboxylic acids is 1. The molecule has 0 spiro atoms. The second-order valence-electron chi connectivity index (χ2n) is 4.99. The molecule has 0 bridgehead atoms. The summed E-state index contributed by atoms with van der Waals surface area (Å²) in [5, 5.41) is 6.48. The van der Waals surface area contributed by atoms with Crippen molar-refractivity contribution in [2.75, 3.05) is 19.3 Å². The number of hydrogen-bond donors (Lipinski definition) is 2. The minimum atomic E-state index is -0.0689. The molecule has 1 aromatic carbocycles. The highest BCUT2D eigenvalue weighted by atomic mass is 32.2. The lowest BCUT2D eigenvalue weighted by Gasteiger charge is -2.35. The number of hydrogen-bond acceptors (Lipinski definition) is 3. The molecule has 0 saturated carbocycles. The molecular weight excluding hydrogens is 244 g/mol. The molecule has 0 aliphatic carbocycles. The summed E-state index contributed by atoms with van der Waals surface area (Å²) in [7, 11) is 0. The van der Waals surface area contributed by atoms with Crippen LogP contribution in [0.3, 0.4) is 0 Å². The number of rotatable bonds is 3. The fourth-order valence-electron chi connectivity index (χ4n) is 2.19. The average molecular weight is 264 g/mol. The van der Waals surface area contributed by atoms with E-state index in [0.717, 1.165) is 31.5 Å². The Morgan fingerprint density at radius 3 is 2.44 bits per heavy atom. The Bertz CT molecular complexity index is 410. The van der Waals surface area contributed by atoms with Crippen molar-refractivity contribution in [2.45, 2.75) is 30.2 Å². The molecule has 3 nitrogen and oxygen atoms in total. The zero-order valence-corrected chi connectivity index (χ0v) is 11.8. The Morgan fingerprint density at radius 2 is 1.89 bits per heavy atom. The molecule has 98 valence electrons. The SMILES string of the molecule is CSc1ccc(C(=O)NC2(C)CCNCC2)cc1. The van der Waals surface area contributed by atoms with Gasteiger partial charge in [0.25, 0.3) is 5.91 Å². The molecule has 1 aromatic rings. The van der Waals surface area contributed by atoms with Crippen LogP contribution in [-0.2, 0) is 0 Å². The Balaban J connectivity index is 2.02. The van der Waals surface area contributed by atoms with Gasteiger partial charge in [-0.3, -0.25) is 4.79 Å². The van der Waals surface area contributed by atoms with E-state index in [1.54, 1.807) is 11.8 Å². The van der Waals surface area contributed by atoms with Crippen LogP contribution in [0, 0.1) is 0 Å². The second kappa shape index (κ2) is 5.76. The Morgan fingerprint density at radius 1 is 1.28 bits per heavy atom. The van der Waals surface area contributed by atoms with Crippen LogP contribution in [0.25, 0.3) is 0 Å². The normalized spacial score (nSPS) is 18.3. The van der Waals surface area contributed by atoms with Gasteiger partial charge in [-0.1, -0.05) is 0 Å². The van der Waals surface area contributed by atoms with Crippen molar-refractivity contribution in [3.63, 3.8) is 0 Å². The maximum Gasteiger partial charge on any atom is 0.251 e. The lowest BCUT2D eigenvalue weighted by Crippen LogP contribution is -2.52. The molecule has 1 aliphatic heterocycles. The smallest absolute Gasteiger partial charge is 0.251 e. The van der Waals surface area contributed by atoms with Gasteiger partial charge >= 0.3 is 0 Å². The van der Waals surface area contributed by atoms with Gasteiger partial charge < -0.3 is 10.6 Å². The van der Waals surface area contributed by atoms with Crippen LogP contribution in [0.1, 0.15) is 30.1 Å². The molecule has 1 saturated heterocycles. The summed E-state index contributed by atoms with van der Waals surface area (Å²) >= 11 is 1.68. The van der Waals surface area contributed by atoms with Crippen molar-refractivity contribution in [3.8, 4) is 0 Å². The fraction of sp³-hybridized carbons (Fsp3) is 0.500. The van der Waals surface area contributed by atoms with Crippen molar-refractivity contribution in [3.05, 3.63) is 29.8 Å². The first kappa shape index (κ1) is 13.4. The van der Waals surface area contributed by atoms with E-state index in [9.17, 15) is 4.79 Å². The Hall–Kier alpha value is -1.00. The molecule has 0 unspecified atom stereocenters. The van der Waals surface area contributed by atoms with E-state index in [0.29, 0.717) is 0 Å². The molecule has 2 N–H and O–H groups in total. The third-order valence-electron chi connectivity index (χ3n) is 3.47. The topological polar surface area (TPSA) is 41.1 Å². The lowest BCUT2D eigenvalue weighted by atomic mass is 9.90. The van der Waals surface area contributed by atoms with Crippen molar-refractivity contribution < 1.29 is 4.79 Å². The monoisotopic (exact) mass is 264 g/mol. The molecule has 1 heterocycles. The first-order valence-electron chi connectivity index (χ1n) is 6.30. The summed E-state index contributed by atoms with van der Waals surface area (Å²) in [6.07, 6.45) is 4.01. The van der Waals surface area contributed by atoms with Crippen LogP contribution in [-0.4, -0.2) is 30.8 Å². The quantitative estimate of drug-likeness (QED) is 0.823. The molecule has 18 heavy (non-hydrogen) atoms. The highest BCUT2D eigenvalue weighted by Gasteiger charge is 2.28. The summed E-state index contributed by atoms with van der Waals surface area (Å²) < 4.78 is 0. The first-order valence-corrected chi connectivity index (χ1v) is 7.53. The zero-order valence-electron chi connectivity index (χ0n) is 11.0. The predicted octanol–water partition coefficient (Wildman–Crippen LogP) is 2.28. The van der Waals surface area contributed by atoms with Crippen LogP contribution in [0.5, 0.6) is 0 Å². The zero-order chi connectivity index (χ0) is 13.0. The van der Waals surface area contributed by atoms with Crippen molar-refractivity contribution >= 4 is 17.7 Å². The molecule has 1 aliphatic rings. The van der Waals surface area contributed by atoms with Gasteiger partial charge in [0.15, 0.2) is 0 Å². The number of benzene rings is 1. The van der Waals surface area contributed by atoms with Gasteiger partial charge in [0.1, 0.15) is 0 Å². The van der Waals surface area contributed by atoms with Crippen molar-refractivity contribution in [1.82, 2.24) is 10.6 Å². The summed E-state index contributed by atoms with van der Waals surface area (Å²) in [5.41, 5.74) is 0.674. The van der Waals surface area contributed by atoms with Gasteiger partial charge in [-0.15, -0.1) is 11.8 Å². The highest BCUT2D eigenvalue weighted by Crippen LogP contribution is 2.19. The van der Waals surface area contributed by atoms with E-state index >= 15 is 0 Å². The molecule has 0 atom stereocenters. The van der Waals surface area contributed by atoms with Crippen LogP contribution in [0.15, 0.2) is 29.2 Å². The molecule has 0 aromatic heterocycles. The van der Waals surface area contributed by atoms with E-state index in [1.807, 2.05) is 30.5 Å². The van der Waals surface area contributed by atoms with Gasteiger partial charge in [-0.25, -0.2) is 0 Å². The lowest BCUT2D eigenvalue weighted by molar-refractivity contribution is 0.0887. The van der Waals surface area contributed by atoms with Crippen LogP contribution >= 0.6 is 11.8 Å². The maximum atomic E-state index is 12.2. The summed E-state index contributed by atoms with van der Waals surface area (Å²) in [6.45, 7) is 4.08. The summed E-state index contributed by atoms with van der Waals surface area (Å²) in [5.74, 6) is 0.0343. The third kappa shape index (κ3) is 3.27.